The quantitative estimate of drug-likeness (QED) is 0.681. The van der Waals surface area contributed by atoms with Gasteiger partial charge in [0, 0.05) is 24.3 Å². The maximum Gasteiger partial charge on any atom is 0.220 e. The summed E-state index contributed by atoms with van der Waals surface area (Å²) in [4.78, 5) is 28.8. The van der Waals surface area contributed by atoms with Gasteiger partial charge in [-0.3, -0.25) is 14.5 Å². The van der Waals surface area contributed by atoms with Crippen molar-refractivity contribution in [2.45, 2.75) is 38.6 Å². The van der Waals surface area contributed by atoms with Crippen LogP contribution in [0.2, 0.25) is 0 Å². The number of carbonyl (C=O) groups is 2. The van der Waals surface area contributed by atoms with Crippen molar-refractivity contribution in [2.24, 2.45) is 5.92 Å². The van der Waals surface area contributed by atoms with Crippen molar-refractivity contribution in [2.75, 3.05) is 19.6 Å². The number of thiophene rings is 2. The van der Waals surface area contributed by atoms with E-state index in [1.807, 2.05) is 17.5 Å². The van der Waals surface area contributed by atoms with Crippen LogP contribution in [0, 0.1) is 5.92 Å². The van der Waals surface area contributed by atoms with Gasteiger partial charge in [-0.1, -0.05) is 19.1 Å². The Morgan fingerprint density at radius 2 is 1.88 bits per heavy atom. The second-order valence-electron chi connectivity index (χ2n) is 6.95. The van der Waals surface area contributed by atoms with Gasteiger partial charge in [-0.25, -0.2) is 0 Å². The molecule has 0 spiro atoms. The van der Waals surface area contributed by atoms with Crippen molar-refractivity contribution in [3.8, 4) is 0 Å². The number of amides is 1. The lowest BCUT2D eigenvalue weighted by Gasteiger charge is -2.36. The molecule has 1 amide bonds. The summed E-state index contributed by atoms with van der Waals surface area (Å²) in [6.07, 6.45) is 2.96. The van der Waals surface area contributed by atoms with E-state index in [2.05, 4.69) is 34.7 Å². The van der Waals surface area contributed by atoms with E-state index in [9.17, 15) is 9.59 Å². The molecule has 0 radical (unpaired) electrons. The Hall–Kier alpha value is -1.50. The summed E-state index contributed by atoms with van der Waals surface area (Å²) < 4.78 is 0. The summed E-state index contributed by atoms with van der Waals surface area (Å²) in [6, 6.07) is 8.14. The predicted octanol–water partition coefficient (Wildman–Crippen LogP) is 4.36. The Kier molecular flexibility index (Phi) is 7.00. The van der Waals surface area contributed by atoms with Gasteiger partial charge in [0.15, 0.2) is 5.78 Å². The lowest BCUT2D eigenvalue weighted by molar-refractivity contribution is -0.121. The van der Waals surface area contributed by atoms with Crippen LogP contribution in [0.1, 0.15) is 53.2 Å². The first kappa shape index (κ1) is 19.3. The van der Waals surface area contributed by atoms with Crippen molar-refractivity contribution >= 4 is 34.4 Å². The van der Waals surface area contributed by atoms with Gasteiger partial charge in [0.05, 0.1) is 10.9 Å². The Balaban J connectivity index is 1.51. The molecule has 1 aliphatic rings. The molecule has 2 aromatic heterocycles. The zero-order chi connectivity index (χ0) is 18.4. The van der Waals surface area contributed by atoms with Crippen LogP contribution in [0.5, 0.6) is 0 Å². The molecule has 3 rings (SSSR count). The monoisotopic (exact) mass is 390 g/mol. The highest BCUT2D eigenvalue weighted by atomic mass is 32.1. The Bertz CT molecular complexity index is 689. The van der Waals surface area contributed by atoms with E-state index in [0.717, 1.165) is 23.9 Å². The Morgan fingerprint density at radius 1 is 1.15 bits per heavy atom. The number of hydrogen-bond donors (Lipinski definition) is 1. The summed E-state index contributed by atoms with van der Waals surface area (Å²) in [5.41, 5.74) is 0. The molecule has 26 heavy (non-hydrogen) atoms. The second kappa shape index (κ2) is 9.44. The molecule has 6 heteroatoms. The molecule has 1 saturated heterocycles. The number of likely N-dealkylation sites (tertiary alicyclic amines) is 1. The van der Waals surface area contributed by atoms with Gasteiger partial charge in [-0.2, -0.15) is 0 Å². The SMILES string of the molecule is CC1CCN(C(CNC(=O)CCC(=O)c2cccs2)c2cccs2)CC1. The summed E-state index contributed by atoms with van der Waals surface area (Å²) in [7, 11) is 0. The molecule has 0 aliphatic carbocycles. The van der Waals surface area contributed by atoms with E-state index in [1.54, 1.807) is 11.3 Å². The highest BCUT2D eigenvalue weighted by Crippen LogP contribution is 2.29. The summed E-state index contributed by atoms with van der Waals surface area (Å²) in [6.45, 7) is 5.08. The third kappa shape index (κ3) is 5.25. The number of Topliss-reactive ketones (excluding diaryl/α,β-unsaturated/α-hetero) is 1. The van der Waals surface area contributed by atoms with E-state index in [4.69, 9.17) is 0 Å². The average Bonchev–Trinajstić information content (AvgIpc) is 3.35. The first-order valence-electron chi connectivity index (χ1n) is 9.24. The standard InChI is InChI=1S/C20H26N2O2S2/c1-15-8-10-22(11-9-15)16(18-4-2-12-25-18)14-21-20(24)7-6-17(23)19-5-3-13-26-19/h2-5,12-13,15-16H,6-11,14H2,1H3,(H,21,24). The van der Waals surface area contributed by atoms with Crippen LogP contribution in [0.3, 0.4) is 0 Å². The molecule has 0 saturated carbocycles. The molecule has 2 aromatic rings. The molecule has 1 atom stereocenters. The van der Waals surface area contributed by atoms with Crippen molar-refractivity contribution < 1.29 is 9.59 Å². The minimum atomic E-state index is -0.0400. The third-order valence-corrected chi connectivity index (χ3v) is 6.88. The summed E-state index contributed by atoms with van der Waals surface area (Å²) in [5, 5.41) is 7.04. The molecular weight excluding hydrogens is 364 g/mol. The summed E-state index contributed by atoms with van der Waals surface area (Å²) >= 11 is 3.18. The molecular formula is C20H26N2O2S2. The number of hydrogen-bond acceptors (Lipinski definition) is 5. The van der Waals surface area contributed by atoms with Crippen LogP contribution in [0.4, 0.5) is 0 Å². The van der Waals surface area contributed by atoms with Gasteiger partial charge in [0.25, 0.3) is 0 Å². The van der Waals surface area contributed by atoms with E-state index in [1.165, 1.54) is 29.1 Å². The van der Waals surface area contributed by atoms with Gasteiger partial charge >= 0.3 is 0 Å². The van der Waals surface area contributed by atoms with Crippen molar-refractivity contribution in [1.82, 2.24) is 10.2 Å². The lowest BCUT2D eigenvalue weighted by Crippen LogP contribution is -2.41. The zero-order valence-corrected chi connectivity index (χ0v) is 16.8. The van der Waals surface area contributed by atoms with Crippen molar-refractivity contribution in [3.63, 3.8) is 0 Å². The van der Waals surface area contributed by atoms with Gasteiger partial charge in [0.2, 0.25) is 5.91 Å². The van der Waals surface area contributed by atoms with Gasteiger partial charge in [0.1, 0.15) is 0 Å². The largest absolute Gasteiger partial charge is 0.354 e. The molecule has 1 aliphatic heterocycles. The Morgan fingerprint density at radius 3 is 2.54 bits per heavy atom. The smallest absolute Gasteiger partial charge is 0.220 e. The molecule has 4 nitrogen and oxygen atoms in total. The highest BCUT2D eigenvalue weighted by molar-refractivity contribution is 7.12. The summed E-state index contributed by atoms with van der Waals surface area (Å²) in [5.74, 6) is 0.796. The Labute approximate surface area is 163 Å². The van der Waals surface area contributed by atoms with E-state index in [-0.39, 0.29) is 30.6 Å². The predicted molar refractivity (Wildman–Crippen MR) is 108 cm³/mol. The van der Waals surface area contributed by atoms with Crippen LogP contribution in [-0.4, -0.2) is 36.2 Å². The fourth-order valence-corrected chi connectivity index (χ4v) is 4.87. The van der Waals surface area contributed by atoms with E-state index < -0.39 is 0 Å². The molecule has 1 fully saturated rings. The van der Waals surface area contributed by atoms with Crippen molar-refractivity contribution in [3.05, 3.63) is 44.8 Å². The van der Waals surface area contributed by atoms with Crippen LogP contribution in [-0.2, 0) is 4.79 Å². The normalized spacial score (nSPS) is 17.1. The molecule has 1 unspecified atom stereocenters. The van der Waals surface area contributed by atoms with Gasteiger partial charge in [-0.05, 0) is 54.7 Å². The first-order valence-corrected chi connectivity index (χ1v) is 11.0. The molecule has 1 N–H and O–H groups in total. The van der Waals surface area contributed by atoms with Crippen LogP contribution < -0.4 is 5.32 Å². The van der Waals surface area contributed by atoms with Gasteiger partial charge < -0.3 is 5.32 Å². The average molecular weight is 391 g/mol. The molecule has 140 valence electrons. The fraction of sp³-hybridized carbons (Fsp3) is 0.500. The van der Waals surface area contributed by atoms with Crippen molar-refractivity contribution in [1.29, 1.82) is 0 Å². The van der Waals surface area contributed by atoms with E-state index >= 15 is 0 Å². The molecule has 3 heterocycles. The van der Waals surface area contributed by atoms with Crippen LogP contribution in [0.15, 0.2) is 35.0 Å². The highest BCUT2D eigenvalue weighted by Gasteiger charge is 2.25. The lowest BCUT2D eigenvalue weighted by atomic mass is 9.97. The minimum absolute atomic E-state index is 0.0400. The molecule has 0 bridgehead atoms. The van der Waals surface area contributed by atoms with E-state index in [0.29, 0.717) is 6.54 Å². The van der Waals surface area contributed by atoms with Crippen LogP contribution in [0.25, 0.3) is 0 Å². The van der Waals surface area contributed by atoms with Gasteiger partial charge in [-0.15, -0.1) is 22.7 Å². The topological polar surface area (TPSA) is 49.4 Å². The second-order valence-corrected chi connectivity index (χ2v) is 8.88. The van der Waals surface area contributed by atoms with Crippen LogP contribution >= 0.6 is 22.7 Å². The third-order valence-electron chi connectivity index (χ3n) is 5.00. The first-order chi connectivity index (χ1) is 12.6. The maximum absolute atomic E-state index is 12.3. The number of nitrogens with one attached hydrogen (secondary N) is 1. The zero-order valence-electron chi connectivity index (χ0n) is 15.1. The number of rotatable bonds is 8. The fourth-order valence-electron chi connectivity index (χ4n) is 3.32. The molecule has 0 aromatic carbocycles. The number of piperidine rings is 1. The number of ketones is 1. The minimum Gasteiger partial charge on any atom is -0.354 e. The number of carbonyl (C=O) groups excluding carboxylic acids is 2. The number of nitrogens with zero attached hydrogens (tertiary/aromatic N) is 1. The maximum atomic E-state index is 12.3.